The summed E-state index contributed by atoms with van der Waals surface area (Å²) >= 11 is 0. The van der Waals surface area contributed by atoms with Crippen LogP contribution in [0.1, 0.15) is 12.8 Å². The minimum atomic E-state index is -3.63. The van der Waals surface area contributed by atoms with Crippen LogP contribution in [-0.2, 0) is 10.0 Å². The van der Waals surface area contributed by atoms with Crippen LogP contribution in [0.3, 0.4) is 0 Å². The summed E-state index contributed by atoms with van der Waals surface area (Å²) in [5, 5.41) is 9.04. The van der Waals surface area contributed by atoms with Gasteiger partial charge in [-0.25, -0.2) is 12.8 Å². The molecule has 1 aromatic rings. The van der Waals surface area contributed by atoms with Crippen LogP contribution in [0.2, 0.25) is 0 Å². The van der Waals surface area contributed by atoms with Crippen LogP contribution in [0.25, 0.3) is 0 Å². The van der Waals surface area contributed by atoms with Gasteiger partial charge in [-0.2, -0.15) is 4.31 Å². The Hall–Kier alpha value is -1.18. The molecular weight excluding hydrogens is 271 g/mol. The average Bonchev–Trinajstić information content (AvgIpc) is 2.41. The minimum Gasteiger partial charge on any atom is -0.396 e. The number of nitrogen functional groups attached to an aromatic ring is 1. The maximum Gasteiger partial charge on any atom is 0.243 e. The molecule has 106 valence electrons. The summed E-state index contributed by atoms with van der Waals surface area (Å²) in [7, 11) is -3.63. The molecule has 7 heteroatoms. The molecule has 0 bridgehead atoms. The second-order valence-electron chi connectivity index (χ2n) is 4.71. The van der Waals surface area contributed by atoms with E-state index in [1.54, 1.807) is 0 Å². The van der Waals surface area contributed by atoms with Crippen molar-refractivity contribution in [1.82, 2.24) is 4.31 Å². The lowest BCUT2D eigenvalue weighted by atomic mass is 10.00. The summed E-state index contributed by atoms with van der Waals surface area (Å²) in [6.07, 6.45) is 1.26. The van der Waals surface area contributed by atoms with Crippen molar-refractivity contribution in [3.05, 3.63) is 24.0 Å². The summed E-state index contributed by atoms with van der Waals surface area (Å²) < 4.78 is 39.1. The molecule has 2 rings (SSSR count). The first kappa shape index (κ1) is 14.2. The van der Waals surface area contributed by atoms with Crippen molar-refractivity contribution < 1.29 is 17.9 Å². The number of rotatable bonds is 3. The Morgan fingerprint density at radius 3 is 2.53 bits per heavy atom. The molecule has 1 aliphatic heterocycles. The van der Waals surface area contributed by atoms with Crippen molar-refractivity contribution in [3.63, 3.8) is 0 Å². The lowest BCUT2D eigenvalue weighted by molar-refractivity contribution is 0.170. The van der Waals surface area contributed by atoms with E-state index in [9.17, 15) is 12.8 Å². The van der Waals surface area contributed by atoms with E-state index in [1.165, 1.54) is 10.4 Å². The third-order valence-electron chi connectivity index (χ3n) is 3.44. The van der Waals surface area contributed by atoms with E-state index in [-0.39, 0.29) is 23.1 Å². The van der Waals surface area contributed by atoms with Gasteiger partial charge in [0.25, 0.3) is 0 Å². The Labute approximate surface area is 111 Å². The molecule has 1 aromatic carbocycles. The summed E-state index contributed by atoms with van der Waals surface area (Å²) in [6, 6.07) is 3.42. The highest BCUT2D eigenvalue weighted by Crippen LogP contribution is 2.25. The van der Waals surface area contributed by atoms with Crippen molar-refractivity contribution in [1.29, 1.82) is 0 Å². The van der Waals surface area contributed by atoms with Gasteiger partial charge in [-0.15, -0.1) is 0 Å². The quantitative estimate of drug-likeness (QED) is 0.806. The van der Waals surface area contributed by atoms with E-state index in [0.717, 1.165) is 12.1 Å². The Morgan fingerprint density at radius 2 is 2.00 bits per heavy atom. The van der Waals surface area contributed by atoms with Gasteiger partial charge in [0.2, 0.25) is 10.0 Å². The standard InChI is InChI=1S/C12H17FN2O3S/c13-11-2-1-10(7-12(11)14)19(17,18)15-5-3-9(8-16)4-6-15/h1-2,7,9,16H,3-6,8,14H2. The normalized spacial score (nSPS) is 18.6. The highest BCUT2D eigenvalue weighted by molar-refractivity contribution is 7.89. The van der Waals surface area contributed by atoms with Gasteiger partial charge >= 0.3 is 0 Å². The van der Waals surface area contributed by atoms with E-state index in [4.69, 9.17) is 10.8 Å². The van der Waals surface area contributed by atoms with Gasteiger partial charge in [0, 0.05) is 19.7 Å². The summed E-state index contributed by atoms with van der Waals surface area (Å²) in [5.74, 6) is -0.470. The van der Waals surface area contributed by atoms with Crippen molar-refractivity contribution in [2.24, 2.45) is 5.92 Å². The van der Waals surface area contributed by atoms with Gasteiger partial charge in [0.05, 0.1) is 10.6 Å². The molecule has 19 heavy (non-hydrogen) atoms. The zero-order chi connectivity index (χ0) is 14.0. The molecule has 0 amide bonds. The monoisotopic (exact) mass is 288 g/mol. The van der Waals surface area contributed by atoms with E-state index in [2.05, 4.69) is 0 Å². The number of anilines is 1. The third kappa shape index (κ3) is 2.88. The minimum absolute atomic E-state index is 0.00819. The van der Waals surface area contributed by atoms with Crippen molar-refractivity contribution in [2.75, 3.05) is 25.4 Å². The number of hydrogen-bond donors (Lipinski definition) is 2. The van der Waals surface area contributed by atoms with Crippen LogP contribution < -0.4 is 5.73 Å². The topological polar surface area (TPSA) is 83.6 Å². The van der Waals surface area contributed by atoms with Crippen LogP contribution in [0, 0.1) is 11.7 Å². The number of piperidine rings is 1. The first-order chi connectivity index (χ1) is 8.95. The average molecular weight is 288 g/mol. The van der Waals surface area contributed by atoms with E-state index < -0.39 is 15.8 Å². The van der Waals surface area contributed by atoms with E-state index in [0.29, 0.717) is 25.9 Å². The van der Waals surface area contributed by atoms with E-state index >= 15 is 0 Å². The molecule has 5 nitrogen and oxygen atoms in total. The maximum absolute atomic E-state index is 13.1. The van der Waals surface area contributed by atoms with Crippen LogP contribution in [0.4, 0.5) is 10.1 Å². The van der Waals surface area contributed by atoms with Gasteiger partial charge in [-0.1, -0.05) is 0 Å². The van der Waals surface area contributed by atoms with Crippen LogP contribution in [-0.4, -0.2) is 37.5 Å². The molecular formula is C12H17FN2O3S. The highest BCUT2D eigenvalue weighted by atomic mass is 32.2. The summed E-state index contributed by atoms with van der Waals surface area (Å²) in [5.41, 5.74) is 5.22. The number of nitrogens with zero attached hydrogens (tertiary/aromatic N) is 1. The number of sulfonamides is 1. The fraction of sp³-hybridized carbons (Fsp3) is 0.500. The van der Waals surface area contributed by atoms with E-state index in [1.807, 2.05) is 0 Å². The Bertz CT molecular complexity index is 554. The molecule has 0 radical (unpaired) electrons. The number of hydrogen-bond acceptors (Lipinski definition) is 4. The van der Waals surface area contributed by atoms with Crippen LogP contribution >= 0.6 is 0 Å². The van der Waals surface area contributed by atoms with Gasteiger partial charge in [0.15, 0.2) is 0 Å². The molecule has 0 aliphatic carbocycles. The van der Waals surface area contributed by atoms with Gasteiger partial charge in [0.1, 0.15) is 5.82 Å². The Kier molecular flexibility index (Phi) is 4.07. The lowest BCUT2D eigenvalue weighted by Gasteiger charge is -2.30. The molecule has 0 aromatic heterocycles. The van der Waals surface area contributed by atoms with Crippen molar-refractivity contribution in [3.8, 4) is 0 Å². The zero-order valence-electron chi connectivity index (χ0n) is 10.4. The van der Waals surface area contributed by atoms with Gasteiger partial charge in [-0.05, 0) is 37.0 Å². The first-order valence-electron chi connectivity index (χ1n) is 6.11. The zero-order valence-corrected chi connectivity index (χ0v) is 11.2. The van der Waals surface area contributed by atoms with Crippen molar-refractivity contribution in [2.45, 2.75) is 17.7 Å². The second-order valence-corrected chi connectivity index (χ2v) is 6.65. The van der Waals surface area contributed by atoms with Gasteiger partial charge < -0.3 is 10.8 Å². The summed E-state index contributed by atoms with van der Waals surface area (Å²) in [4.78, 5) is 0.00819. The third-order valence-corrected chi connectivity index (χ3v) is 5.33. The Morgan fingerprint density at radius 1 is 1.37 bits per heavy atom. The molecule has 1 heterocycles. The molecule has 1 fully saturated rings. The number of benzene rings is 1. The van der Waals surface area contributed by atoms with Crippen molar-refractivity contribution >= 4 is 15.7 Å². The number of aliphatic hydroxyl groups excluding tert-OH is 1. The Balaban J connectivity index is 2.21. The molecule has 1 aliphatic rings. The van der Waals surface area contributed by atoms with Crippen LogP contribution in [0.5, 0.6) is 0 Å². The number of nitrogens with two attached hydrogens (primary N) is 1. The molecule has 0 spiro atoms. The fourth-order valence-electron chi connectivity index (χ4n) is 2.16. The molecule has 3 N–H and O–H groups in total. The molecule has 0 unspecified atom stereocenters. The van der Waals surface area contributed by atoms with Gasteiger partial charge in [-0.3, -0.25) is 0 Å². The SMILES string of the molecule is Nc1cc(S(=O)(=O)N2CCC(CO)CC2)ccc1F. The molecule has 0 atom stereocenters. The smallest absolute Gasteiger partial charge is 0.243 e. The largest absolute Gasteiger partial charge is 0.396 e. The predicted octanol–water partition coefficient (Wildman–Crippen LogP) is 0.801. The fourth-order valence-corrected chi connectivity index (χ4v) is 3.67. The highest BCUT2D eigenvalue weighted by Gasteiger charge is 2.29. The first-order valence-corrected chi connectivity index (χ1v) is 7.55. The molecule has 1 saturated heterocycles. The second kappa shape index (κ2) is 5.44. The lowest BCUT2D eigenvalue weighted by Crippen LogP contribution is -2.39. The number of aliphatic hydroxyl groups is 1. The maximum atomic E-state index is 13.1. The summed E-state index contributed by atoms with van der Waals surface area (Å²) in [6.45, 7) is 0.813. The molecule has 0 saturated carbocycles. The van der Waals surface area contributed by atoms with Crippen LogP contribution in [0.15, 0.2) is 23.1 Å². The predicted molar refractivity (Wildman–Crippen MR) is 69.4 cm³/mol. The number of halogens is 1.